The molecule has 0 aliphatic heterocycles. The van der Waals surface area contributed by atoms with E-state index in [2.05, 4.69) is 26.0 Å². The molecule has 0 radical (unpaired) electrons. The molecule has 0 amide bonds. The van der Waals surface area contributed by atoms with Crippen LogP contribution in [0.3, 0.4) is 0 Å². The summed E-state index contributed by atoms with van der Waals surface area (Å²) in [5, 5.41) is 4.82. The molecule has 6 heteroatoms. The van der Waals surface area contributed by atoms with Gasteiger partial charge >= 0.3 is 0 Å². The summed E-state index contributed by atoms with van der Waals surface area (Å²) in [6.07, 6.45) is 1.69. The molecule has 2 heterocycles. The third kappa shape index (κ3) is 2.61. The van der Waals surface area contributed by atoms with Crippen LogP contribution in [0, 0.1) is 6.92 Å². The van der Waals surface area contributed by atoms with Crippen LogP contribution in [-0.2, 0) is 13.7 Å². The summed E-state index contributed by atoms with van der Waals surface area (Å²) in [4.78, 5) is 4.08. The molecule has 4 nitrogen and oxygen atoms in total. The van der Waals surface area contributed by atoms with E-state index in [0.29, 0.717) is 22.1 Å². The van der Waals surface area contributed by atoms with E-state index in [1.165, 1.54) is 0 Å². The van der Waals surface area contributed by atoms with E-state index in [9.17, 15) is 0 Å². The molecule has 0 aliphatic rings. The van der Waals surface area contributed by atoms with Gasteiger partial charge in [-0.15, -0.1) is 0 Å². The van der Waals surface area contributed by atoms with Gasteiger partial charge in [0.1, 0.15) is 16.4 Å². The average Bonchev–Trinajstić information content (AvgIpc) is 2.53. The van der Waals surface area contributed by atoms with Crippen molar-refractivity contribution in [3.63, 3.8) is 0 Å². The van der Waals surface area contributed by atoms with Crippen LogP contribution in [0.4, 0.5) is 0 Å². The SMILES string of the molecule is Cc1nn(C)c(Cl)c1COc1cccnc1Br. The Kier molecular flexibility index (Phi) is 3.69. The molecule has 90 valence electrons. The van der Waals surface area contributed by atoms with E-state index < -0.39 is 0 Å². The molecular formula is C11H11BrClN3O. The normalized spacial score (nSPS) is 10.6. The van der Waals surface area contributed by atoms with E-state index in [1.54, 1.807) is 17.9 Å². The van der Waals surface area contributed by atoms with Gasteiger partial charge in [0.15, 0.2) is 5.75 Å². The molecule has 0 aromatic carbocycles. The van der Waals surface area contributed by atoms with Gasteiger partial charge in [-0.2, -0.15) is 5.10 Å². The highest BCUT2D eigenvalue weighted by Gasteiger charge is 2.12. The second-order valence-corrected chi connectivity index (χ2v) is 4.67. The first-order chi connectivity index (χ1) is 8.09. The Hall–Kier alpha value is -1.07. The van der Waals surface area contributed by atoms with Crippen molar-refractivity contribution in [2.24, 2.45) is 7.05 Å². The van der Waals surface area contributed by atoms with Gasteiger partial charge in [0.05, 0.1) is 5.69 Å². The lowest BCUT2D eigenvalue weighted by Gasteiger charge is -2.06. The van der Waals surface area contributed by atoms with Crippen molar-refractivity contribution >= 4 is 27.5 Å². The van der Waals surface area contributed by atoms with E-state index in [0.717, 1.165) is 11.3 Å². The molecule has 0 aliphatic carbocycles. The van der Waals surface area contributed by atoms with Crippen LogP contribution in [0.1, 0.15) is 11.3 Å². The van der Waals surface area contributed by atoms with Crippen LogP contribution in [0.15, 0.2) is 22.9 Å². The molecular weight excluding hydrogens is 305 g/mol. The minimum absolute atomic E-state index is 0.378. The summed E-state index contributed by atoms with van der Waals surface area (Å²) < 4.78 is 7.96. The monoisotopic (exact) mass is 315 g/mol. The molecule has 0 saturated heterocycles. The smallest absolute Gasteiger partial charge is 0.152 e. The highest BCUT2D eigenvalue weighted by Crippen LogP contribution is 2.25. The highest BCUT2D eigenvalue weighted by atomic mass is 79.9. The average molecular weight is 317 g/mol. The summed E-state index contributed by atoms with van der Waals surface area (Å²) >= 11 is 9.44. The van der Waals surface area contributed by atoms with E-state index in [1.807, 2.05) is 19.1 Å². The molecule has 0 saturated carbocycles. The fourth-order valence-electron chi connectivity index (χ4n) is 1.47. The number of nitrogens with zero attached hydrogens (tertiary/aromatic N) is 3. The molecule has 0 bridgehead atoms. The minimum atomic E-state index is 0.378. The summed E-state index contributed by atoms with van der Waals surface area (Å²) in [6.45, 7) is 2.28. The van der Waals surface area contributed by atoms with E-state index in [-0.39, 0.29) is 0 Å². The molecule has 0 atom stereocenters. The molecule has 0 unspecified atom stereocenters. The lowest BCUT2D eigenvalue weighted by molar-refractivity contribution is 0.302. The maximum atomic E-state index is 6.11. The van der Waals surface area contributed by atoms with Crippen LogP contribution in [0.25, 0.3) is 0 Å². The highest BCUT2D eigenvalue weighted by molar-refractivity contribution is 9.10. The van der Waals surface area contributed by atoms with Gasteiger partial charge < -0.3 is 4.74 Å². The molecule has 2 aromatic heterocycles. The second kappa shape index (κ2) is 5.06. The number of halogens is 2. The largest absolute Gasteiger partial charge is 0.486 e. The summed E-state index contributed by atoms with van der Waals surface area (Å²) in [5.74, 6) is 0.687. The quantitative estimate of drug-likeness (QED) is 0.817. The van der Waals surface area contributed by atoms with Crippen LogP contribution in [0.5, 0.6) is 5.75 Å². The molecule has 2 rings (SSSR count). The predicted octanol–water partition coefficient (Wildman–Crippen LogP) is 3.12. The zero-order chi connectivity index (χ0) is 12.4. The lowest BCUT2D eigenvalue weighted by atomic mass is 10.3. The van der Waals surface area contributed by atoms with Crippen LogP contribution in [-0.4, -0.2) is 14.8 Å². The molecule has 2 aromatic rings. The Morgan fingerprint density at radius 3 is 2.88 bits per heavy atom. The second-order valence-electron chi connectivity index (χ2n) is 3.56. The van der Waals surface area contributed by atoms with Crippen molar-refractivity contribution in [1.29, 1.82) is 0 Å². The van der Waals surface area contributed by atoms with Crippen molar-refractivity contribution in [3.05, 3.63) is 39.3 Å². The van der Waals surface area contributed by atoms with E-state index >= 15 is 0 Å². The Morgan fingerprint density at radius 2 is 2.29 bits per heavy atom. The van der Waals surface area contributed by atoms with Crippen molar-refractivity contribution < 1.29 is 4.74 Å². The van der Waals surface area contributed by atoms with Crippen molar-refractivity contribution in [2.75, 3.05) is 0 Å². The Labute approximate surface area is 113 Å². The van der Waals surface area contributed by atoms with Crippen LogP contribution >= 0.6 is 27.5 Å². The fourth-order valence-corrected chi connectivity index (χ4v) is 2.06. The maximum absolute atomic E-state index is 6.11. The third-order valence-corrected chi connectivity index (χ3v) is 3.44. The standard InChI is InChI=1S/C11H11BrClN3O/c1-7-8(11(13)16(2)15-7)6-17-9-4-3-5-14-10(9)12/h3-5H,6H2,1-2H3. The van der Waals surface area contributed by atoms with E-state index in [4.69, 9.17) is 16.3 Å². The lowest BCUT2D eigenvalue weighted by Crippen LogP contribution is -1.98. The number of hydrogen-bond donors (Lipinski definition) is 0. The van der Waals surface area contributed by atoms with Gasteiger partial charge in [0.2, 0.25) is 0 Å². The molecule has 0 fully saturated rings. The number of rotatable bonds is 3. The summed E-state index contributed by atoms with van der Waals surface area (Å²) in [6, 6.07) is 3.66. The van der Waals surface area contributed by atoms with Crippen LogP contribution < -0.4 is 4.74 Å². The van der Waals surface area contributed by atoms with Crippen LogP contribution in [0.2, 0.25) is 5.15 Å². The molecule has 17 heavy (non-hydrogen) atoms. The Morgan fingerprint density at radius 1 is 1.53 bits per heavy atom. The van der Waals surface area contributed by atoms with Crippen molar-refractivity contribution in [2.45, 2.75) is 13.5 Å². The zero-order valence-electron chi connectivity index (χ0n) is 9.44. The Bertz CT molecular complexity index is 542. The number of aromatic nitrogens is 3. The van der Waals surface area contributed by atoms with Gasteiger partial charge in [-0.1, -0.05) is 11.6 Å². The number of pyridine rings is 1. The first-order valence-electron chi connectivity index (χ1n) is 5.01. The number of aryl methyl sites for hydroxylation is 2. The van der Waals surface area contributed by atoms with Gasteiger partial charge in [0.25, 0.3) is 0 Å². The summed E-state index contributed by atoms with van der Waals surface area (Å²) in [7, 11) is 1.80. The number of hydrogen-bond acceptors (Lipinski definition) is 3. The number of ether oxygens (including phenoxy) is 1. The first-order valence-corrected chi connectivity index (χ1v) is 6.18. The molecule has 0 spiro atoms. The van der Waals surface area contributed by atoms with Gasteiger partial charge in [-0.25, -0.2) is 4.98 Å². The first kappa shape index (κ1) is 12.4. The maximum Gasteiger partial charge on any atom is 0.152 e. The summed E-state index contributed by atoms with van der Waals surface area (Å²) in [5.41, 5.74) is 1.77. The van der Waals surface area contributed by atoms with Gasteiger partial charge in [0, 0.05) is 18.8 Å². The van der Waals surface area contributed by atoms with Crippen molar-refractivity contribution in [3.8, 4) is 5.75 Å². The van der Waals surface area contributed by atoms with Gasteiger partial charge in [-0.05, 0) is 35.0 Å². The predicted molar refractivity (Wildman–Crippen MR) is 69.2 cm³/mol. The molecule has 0 N–H and O–H groups in total. The zero-order valence-corrected chi connectivity index (χ0v) is 11.8. The minimum Gasteiger partial charge on any atom is -0.486 e. The fraction of sp³-hybridized carbons (Fsp3) is 0.273. The third-order valence-electron chi connectivity index (χ3n) is 2.37. The van der Waals surface area contributed by atoms with Crippen molar-refractivity contribution in [1.82, 2.24) is 14.8 Å². The Balaban J connectivity index is 2.15. The topological polar surface area (TPSA) is 39.9 Å². The van der Waals surface area contributed by atoms with Gasteiger partial charge in [-0.3, -0.25) is 4.68 Å².